The van der Waals surface area contributed by atoms with Crippen molar-refractivity contribution in [2.75, 3.05) is 10.0 Å². The lowest BCUT2D eigenvalue weighted by Gasteiger charge is -2.11. The van der Waals surface area contributed by atoms with E-state index in [1.807, 2.05) is 20.8 Å². The van der Waals surface area contributed by atoms with Gasteiger partial charge in [0.2, 0.25) is 5.13 Å². The fraction of sp³-hybridized carbons (Fsp3) is 0.211. The molecule has 0 saturated heterocycles. The molecule has 0 aliphatic rings. The Hall–Kier alpha value is -2.14. The van der Waals surface area contributed by atoms with Gasteiger partial charge < -0.3 is 0 Å². The van der Waals surface area contributed by atoms with Crippen LogP contribution in [0.2, 0.25) is 5.02 Å². The average Bonchev–Trinajstić information content (AvgIpc) is 3.09. The third kappa shape index (κ3) is 5.72. The molecule has 0 radical (unpaired) electrons. The summed E-state index contributed by atoms with van der Waals surface area (Å²) in [4.78, 5) is 12.8. The van der Waals surface area contributed by atoms with Gasteiger partial charge in [0.05, 0.1) is 15.5 Å². The number of hydrogen-bond acceptors (Lipinski definition) is 7. The predicted octanol–water partition coefficient (Wildman–Crippen LogP) is 5.05. The summed E-state index contributed by atoms with van der Waals surface area (Å²) in [5.41, 5.74) is 1.29. The maximum atomic E-state index is 12.7. The number of aromatic nitrogens is 2. The minimum absolute atomic E-state index is 0.119. The quantitative estimate of drug-likeness (QED) is 0.361. The lowest BCUT2D eigenvalue weighted by atomic mass is 10.2. The van der Waals surface area contributed by atoms with Crippen molar-refractivity contribution >= 4 is 61.4 Å². The van der Waals surface area contributed by atoms with E-state index in [1.54, 1.807) is 23.9 Å². The maximum Gasteiger partial charge on any atom is 0.261 e. The summed E-state index contributed by atoms with van der Waals surface area (Å²) in [7, 11) is -3.80. The van der Waals surface area contributed by atoms with Gasteiger partial charge in [-0.15, -0.1) is 10.2 Å². The summed E-state index contributed by atoms with van der Waals surface area (Å²) in [6.45, 7) is 5.94. The zero-order chi connectivity index (χ0) is 21.9. The molecule has 0 fully saturated rings. The monoisotopic (exact) mass is 482 g/mol. The number of benzene rings is 2. The van der Waals surface area contributed by atoms with E-state index in [2.05, 4.69) is 20.2 Å². The predicted molar refractivity (Wildman–Crippen MR) is 122 cm³/mol. The molecule has 158 valence electrons. The van der Waals surface area contributed by atoms with E-state index in [0.717, 1.165) is 9.90 Å². The number of thioether (sulfide) groups is 1. The van der Waals surface area contributed by atoms with Gasteiger partial charge in [-0.25, -0.2) is 8.42 Å². The fourth-order valence-corrected chi connectivity index (χ4v) is 5.59. The summed E-state index contributed by atoms with van der Waals surface area (Å²) in [6.07, 6.45) is 0. The van der Waals surface area contributed by atoms with Crippen LogP contribution >= 0.6 is 34.7 Å². The van der Waals surface area contributed by atoms with E-state index in [-0.39, 0.29) is 21.2 Å². The standard InChI is InChI=1S/C19H19ClN4O3S3/c1-11(2)28-19-23-22-18(29-19)21-17(25)15-10-13(6-9-16(15)20)24-30(26,27)14-7-4-12(3)5-8-14/h4-11,24H,1-3H3,(H,21,22,25). The highest BCUT2D eigenvalue weighted by Crippen LogP contribution is 2.29. The molecule has 1 aromatic heterocycles. The number of hydrogen-bond donors (Lipinski definition) is 2. The van der Waals surface area contributed by atoms with Crippen molar-refractivity contribution in [1.29, 1.82) is 0 Å². The van der Waals surface area contributed by atoms with Crippen LogP contribution in [0.1, 0.15) is 29.8 Å². The Morgan fingerprint density at radius 3 is 2.50 bits per heavy atom. The van der Waals surface area contributed by atoms with Crippen molar-refractivity contribution in [2.45, 2.75) is 35.3 Å². The first kappa shape index (κ1) is 22.5. The van der Waals surface area contributed by atoms with Crippen molar-refractivity contribution in [1.82, 2.24) is 10.2 Å². The van der Waals surface area contributed by atoms with Crippen LogP contribution in [0.4, 0.5) is 10.8 Å². The summed E-state index contributed by atoms with van der Waals surface area (Å²) in [5.74, 6) is -0.506. The number of carbonyl (C=O) groups excluding carboxylic acids is 1. The Morgan fingerprint density at radius 2 is 1.83 bits per heavy atom. The first-order valence-corrected chi connectivity index (χ1v) is 12.4. The first-order valence-electron chi connectivity index (χ1n) is 8.84. The van der Waals surface area contributed by atoms with Crippen LogP contribution in [-0.2, 0) is 10.0 Å². The third-order valence-corrected chi connectivity index (χ3v) is 7.41. The van der Waals surface area contributed by atoms with Gasteiger partial charge in [-0.1, -0.05) is 66.2 Å². The van der Waals surface area contributed by atoms with Crippen LogP contribution in [-0.4, -0.2) is 29.8 Å². The molecular formula is C19H19ClN4O3S3. The third-order valence-electron chi connectivity index (χ3n) is 3.76. The van der Waals surface area contributed by atoms with Crippen LogP contribution in [0, 0.1) is 6.92 Å². The van der Waals surface area contributed by atoms with Crippen molar-refractivity contribution < 1.29 is 13.2 Å². The lowest BCUT2D eigenvalue weighted by molar-refractivity contribution is 0.102. The first-order chi connectivity index (χ1) is 14.1. The highest BCUT2D eigenvalue weighted by atomic mass is 35.5. The van der Waals surface area contributed by atoms with E-state index in [0.29, 0.717) is 10.4 Å². The largest absolute Gasteiger partial charge is 0.296 e. The molecule has 0 aliphatic carbocycles. The second-order valence-electron chi connectivity index (χ2n) is 6.61. The Labute approximate surface area is 188 Å². The molecule has 7 nitrogen and oxygen atoms in total. The summed E-state index contributed by atoms with van der Waals surface area (Å²) in [5, 5.41) is 11.5. The highest BCUT2D eigenvalue weighted by Gasteiger charge is 2.18. The topological polar surface area (TPSA) is 101 Å². The van der Waals surface area contributed by atoms with Gasteiger partial charge in [-0.2, -0.15) is 0 Å². The zero-order valence-corrected chi connectivity index (χ0v) is 19.5. The lowest BCUT2D eigenvalue weighted by Crippen LogP contribution is -2.15. The number of carbonyl (C=O) groups is 1. The average molecular weight is 483 g/mol. The second kappa shape index (κ2) is 9.34. The van der Waals surface area contributed by atoms with Gasteiger partial charge >= 0.3 is 0 Å². The van der Waals surface area contributed by atoms with Crippen LogP contribution < -0.4 is 10.0 Å². The molecule has 1 heterocycles. The minimum atomic E-state index is -3.80. The van der Waals surface area contributed by atoms with Crippen LogP contribution in [0.15, 0.2) is 51.7 Å². The smallest absolute Gasteiger partial charge is 0.261 e. The van der Waals surface area contributed by atoms with Crippen LogP contribution in [0.25, 0.3) is 0 Å². The molecule has 1 amide bonds. The molecule has 0 unspecified atom stereocenters. The summed E-state index contributed by atoms with van der Waals surface area (Å²) in [6, 6.07) is 10.8. The SMILES string of the molecule is Cc1ccc(S(=O)(=O)Nc2ccc(Cl)c(C(=O)Nc3nnc(SC(C)C)s3)c2)cc1. The molecule has 2 N–H and O–H groups in total. The van der Waals surface area contributed by atoms with E-state index in [9.17, 15) is 13.2 Å². The van der Waals surface area contributed by atoms with Gasteiger partial charge in [0.25, 0.3) is 15.9 Å². The molecule has 2 aromatic carbocycles. The van der Waals surface area contributed by atoms with E-state index in [1.165, 1.54) is 41.7 Å². The molecule has 0 bridgehead atoms. The number of amides is 1. The molecule has 0 aliphatic heterocycles. The van der Waals surface area contributed by atoms with E-state index >= 15 is 0 Å². The van der Waals surface area contributed by atoms with Gasteiger partial charge in [-0.05, 0) is 37.3 Å². The van der Waals surface area contributed by atoms with E-state index < -0.39 is 15.9 Å². The molecule has 0 atom stereocenters. The highest BCUT2D eigenvalue weighted by molar-refractivity contribution is 8.01. The van der Waals surface area contributed by atoms with Crippen molar-refractivity contribution in [3.8, 4) is 0 Å². The van der Waals surface area contributed by atoms with Gasteiger partial charge in [0, 0.05) is 10.9 Å². The Bertz CT molecular complexity index is 1160. The molecule has 0 spiro atoms. The molecule has 30 heavy (non-hydrogen) atoms. The normalized spacial score (nSPS) is 11.5. The van der Waals surface area contributed by atoms with Crippen LogP contribution in [0.5, 0.6) is 0 Å². The number of anilines is 2. The van der Waals surface area contributed by atoms with Crippen molar-refractivity contribution in [3.05, 3.63) is 58.6 Å². The van der Waals surface area contributed by atoms with Crippen molar-refractivity contribution in [2.24, 2.45) is 0 Å². The maximum absolute atomic E-state index is 12.7. The van der Waals surface area contributed by atoms with Gasteiger partial charge in [0.15, 0.2) is 4.34 Å². The van der Waals surface area contributed by atoms with Gasteiger partial charge in [-0.3, -0.25) is 14.8 Å². The zero-order valence-electron chi connectivity index (χ0n) is 16.3. The Balaban J connectivity index is 1.78. The Morgan fingerprint density at radius 1 is 1.13 bits per heavy atom. The fourth-order valence-electron chi connectivity index (χ4n) is 2.37. The number of sulfonamides is 1. The Kier molecular flexibility index (Phi) is 7.02. The van der Waals surface area contributed by atoms with Crippen LogP contribution in [0.3, 0.4) is 0 Å². The van der Waals surface area contributed by atoms with E-state index in [4.69, 9.17) is 11.6 Å². The molecule has 11 heteroatoms. The molecule has 3 rings (SSSR count). The van der Waals surface area contributed by atoms with Gasteiger partial charge in [0.1, 0.15) is 0 Å². The molecule has 3 aromatic rings. The number of nitrogens with zero attached hydrogens (tertiary/aromatic N) is 2. The minimum Gasteiger partial charge on any atom is -0.296 e. The number of aryl methyl sites for hydroxylation is 1. The number of nitrogens with one attached hydrogen (secondary N) is 2. The molecule has 0 saturated carbocycles. The number of rotatable bonds is 7. The number of halogens is 1. The summed E-state index contributed by atoms with van der Waals surface area (Å²) >= 11 is 8.96. The molecular weight excluding hydrogens is 464 g/mol. The van der Waals surface area contributed by atoms with Crippen molar-refractivity contribution in [3.63, 3.8) is 0 Å². The summed E-state index contributed by atoms with van der Waals surface area (Å²) < 4.78 is 28.4. The second-order valence-corrected chi connectivity index (χ2v) is 11.5.